The van der Waals surface area contributed by atoms with Crippen molar-refractivity contribution in [1.29, 1.82) is 0 Å². The van der Waals surface area contributed by atoms with Crippen LogP contribution in [0.5, 0.6) is 0 Å². The normalized spacial score (nSPS) is 11.9. The van der Waals surface area contributed by atoms with Crippen LogP contribution in [0.1, 0.15) is 36.1 Å². The third kappa shape index (κ3) is 5.96. The maximum atomic E-state index is 12.6. The molecule has 1 heterocycles. The maximum absolute atomic E-state index is 12.6. The number of nitrogens with zero attached hydrogens (tertiary/aromatic N) is 3. The predicted molar refractivity (Wildman–Crippen MR) is 141 cm³/mol. The summed E-state index contributed by atoms with van der Waals surface area (Å²) in [5, 5.41) is 17.8. The first-order valence-electron chi connectivity index (χ1n) is 11.0. The first-order chi connectivity index (χ1) is 16.9. The highest BCUT2D eigenvalue weighted by Crippen LogP contribution is 2.24. The molecule has 0 aliphatic rings. The first kappa shape index (κ1) is 25.0. The molecule has 0 bridgehead atoms. The van der Waals surface area contributed by atoms with Crippen LogP contribution in [-0.2, 0) is 11.3 Å². The number of benzene rings is 3. The lowest BCUT2D eigenvalue weighted by molar-refractivity contribution is -0.113. The number of halogens is 2. The van der Waals surface area contributed by atoms with Gasteiger partial charge in [-0.2, -0.15) is 0 Å². The van der Waals surface area contributed by atoms with Gasteiger partial charge in [-0.25, -0.2) is 0 Å². The Balaban J connectivity index is 1.38. The van der Waals surface area contributed by atoms with E-state index in [0.717, 1.165) is 16.5 Å². The second-order valence-electron chi connectivity index (χ2n) is 7.81. The monoisotopic (exact) mass is 527 g/mol. The lowest BCUT2D eigenvalue weighted by atomic mass is 10.1. The minimum Gasteiger partial charge on any atom is -0.342 e. The molecule has 4 aromatic rings. The van der Waals surface area contributed by atoms with E-state index < -0.39 is 6.04 Å². The van der Waals surface area contributed by atoms with Crippen LogP contribution >= 0.6 is 35.0 Å². The molecule has 1 aromatic heterocycles. The van der Waals surface area contributed by atoms with Crippen LogP contribution in [0.25, 0.3) is 10.8 Å². The van der Waals surface area contributed by atoms with Crippen LogP contribution in [0, 0.1) is 0 Å². The molecular formula is C25H23Cl2N5O2S. The largest absolute Gasteiger partial charge is 0.342 e. The van der Waals surface area contributed by atoms with E-state index in [4.69, 9.17) is 23.2 Å². The summed E-state index contributed by atoms with van der Waals surface area (Å²) >= 11 is 13.3. The molecule has 2 N–H and O–H groups in total. The van der Waals surface area contributed by atoms with E-state index in [1.807, 2.05) is 60.9 Å². The number of carbonyl (C=O) groups excluding carboxylic acids is 2. The molecule has 0 aliphatic heterocycles. The summed E-state index contributed by atoms with van der Waals surface area (Å²) in [6, 6.07) is 18.1. The van der Waals surface area contributed by atoms with Crippen LogP contribution in [0.4, 0.5) is 5.69 Å². The summed E-state index contributed by atoms with van der Waals surface area (Å²) in [6.45, 7) is 4.37. The van der Waals surface area contributed by atoms with Crippen molar-refractivity contribution in [1.82, 2.24) is 20.1 Å². The zero-order chi connectivity index (χ0) is 24.9. The van der Waals surface area contributed by atoms with Crippen LogP contribution in [-0.4, -0.2) is 32.3 Å². The highest BCUT2D eigenvalue weighted by molar-refractivity contribution is 7.99. The zero-order valence-corrected chi connectivity index (χ0v) is 21.4. The molecule has 7 nitrogen and oxygen atoms in total. The second kappa shape index (κ2) is 11.1. The van der Waals surface area contributed by atoms with Crippen LogP contribution < -0.4 is 10.6 Å². The Hall–Kier alpha value is -3.07. The van der Waals surface area contributed by atoms with Crippen molar-refractivity contribution < 1.29 is 9.59 Å². The highest BCUT2D eigenvalue weighted by Gasteiger charge is 2.20. The van der Waals surface area contributed by atoms with Crippen molar-refractivity contribution >= 4 is 63.2 Å². The number of hydrogen-bond acceptors (Lipinski definition) is 5. The number of thioether (sulfide) groups is 1. The van der Waals surface area contributed by atoms with Crippen molar-refractivity contribution in [3.63, 3.8) is 0 Å². The van der Waals surface area contributed by atoms with Gasteiger partial charge >= 0.3 is 0 Å². The molecule has 4 rings (SSSR count). The Labute approximate surface area is 217 Å². The van der Waals surface area contributed by atoms with E-state index in [9.17, 15) is 9.59 Å². The molecule has 0 saturated heterocycles. The third-order valence-corrected chi connectivity index (χ3v) is 7.05. The number of aromatic nitrogens is 3. The Morgan fingerprint density at radius 3 is 2.51 bits per heavy atom. The van der Waals surface area contributed by atoms with Gasteiger partial charge in [-0.15, -0.1) is 10.2 Å². The average molecular weight is 528 g/mol. The van der Waals surface area contributed by atoms with Crippen LogP contribution in [0.3, 0.4) is 0 Å². The predicted octanol–water partition coefficient (Wildman–Crippen LogP) is 5.98. The van der Waals surface area contributed by atoms with Crippen molar-refractivity contribution in [2.75, 3.05) is 11.1 Å². The second-order valence-corrected chi connectivity index (χ2v) is 9.56. The van der Waals surface area contributed by atoms with Gasteiger partial charge in [-0.3, -0.25) is 9.59 Å². The summed E-state index contributed by atoms with van der Waals surface area (Å²) in [6.07, 6.45) is 0. The van der Waals surface area contributed by atoms with Crippen LogP contribution in [0.2, 0.25) is 10.0 Å². The van der Waals surface area contributed by atoms with Gasteiger partial charge in [0.15, 0.2) is 11.0 Å². The van der Waals surface area contributed by atoms with E-state index in [1.54, 1.807) is 12.1 Å². The minimum atomic E-state index is -0.412. The fourth-order valence-corrected chi connectivity index (χ4v) is 4.71. The molecule has 0 saturated carbocycles. The fourth-order valence-electron chi connectivity index (χ4n) is 3.60. The van der Waals surface area contributed by atoms with E-state index in [1.165, 1.54) is 17.8 Å². The average Bonchev–Trinajstić information content (AvgIpc) is 3.27. The molecule has 35 heavy (non-hydrogen) atoms. The number of rotatable bonds is 8. The van der Waals surface area contributed by atoms with Gasteiger partial charge in [0.05, 0.1) is 21.8 Å². The number of fused-ring (bicyclic) bond motifs is 1. The van der Waals surface area contributed by atoms with E-state index in [2.05, 4.69) is 20.8 Å². The topological polar surface area (TPSA) is 88.9 Å². The maximum Gasteiger partial charge on any atom is 0.251 e. The summed E-state index contributed by atoms with van der Waals surface area (Å²) < 4.78 is 1.88. The van der Waals surface area contributed by atoms with Gasteiger partial charge in [-0.1, -0.05) is 65.3 Å². The quantitative estimate of drug-likeness (QED) is 0.275. The standard InChI is InChI=1S/C25H23Cl2N5O2S/c1-3-32-23(15(2)28-24(34)18-9-11-20(26)21(27)13-18)30-31-25(32)35-14-22(33)29-19-10-8-16-6-4-5-7-17(16)12-19/h4-13,15H,3,14H2,1-2H3,(H,28,34)(H,29,33)/t15-/m0/s1. The molecular weight excluding hydrogens is 505 g/mol. The van der Waals surface area contributed by atoms with Crippen molar-refractivity contribution in [3.05, 3.63) is 82.1 Å². The van der Waals surface area contributed by atoms with Gasteiger partial charge in [0.1, 0.15) is 0 Å². The zero-order valence-electron chi connectivity index (χ0n) is 19.1. The smallest absolute Gasteiger partial charge is 0.251 e. The Kier molecular flexibility index (Phi) is 7.95. The Morgan fingerprint density at radius 1 is 1.00 bits per heavy atom. The van der Waals surface area contributed by atoms with Gasteiger partial charge in [0.25, 0.3) is 5.91 Å². The number of hydrogen-bond donors (Lipinski definition) is 2. The van der Waals surface area contributed by atoms with Crippen molar-refractivity contribution in [2.24, 2.45) is 0 Å². The number of anilines is 1. The molecule has 2 amide bonds. The Morgan fingerprint density at radius 2 is 1.77 bits per heavy atom. The van der Waals surface area contributed by atoms with Gasteiger partial charge in [-0.05, 0) is 55.0 Å². The number of carbonyl (C=O) groups is 2. The number of amides is 2. The molecule has 0 radical (unpaired) electrons. The highest BCUT2D eigenvalue weighted by atomic mass is 35.5. The van der Waals surface area contributed by atoms with Crippen molar-refractivity contribution in [2.45, 2.75) is 31.6 Å². The molecule has 10 heteroatoms. The lowest BCUT2D eigenvalue weighted by Gasteiger charge is -2.15. The first-order valence-corrected chi connectivity index (χ1v) is 12.7. The van der Waals surface area contributed by atoms with E-state index in [0.29, 0.717) is 33.1 Å². The molecule has 3 aromatic carbocycles. The molecule has 0 unspecified atom stereocenters. The molecule has 0 aliphatic carbocycles. The summed E-state index contributed by atoms with van der Waals surface area (Å²) in [5.74, 6) is 0.331. The molecule has 180 valence electrons. The van der Waals surface area contributed by atoms with Gasteiger partial charge in [0.2, 0.25) is 5.91 Å². The van der Waals surface area contributed by atoms with Gasteiger partial charge < -0.3 is 15.2 Å². The van der Waals surface area contributed by atoms with Crippen LogP contribution in [0.15, 0.2) is 65.8 Å². The molecule has 1 atom stereocenters. The minimum absolute atomic E-state index is 0.140. The molecule has 0 fully saturated rings. The number of nitrogens with one attached hydrogen (secondary N) is 2. The fraction of sp³-hybridized carbons (Fsp3) is 0.200. The van der Waals surface area contributed by atoms with Gasteiger partial charge in [0, 0.05) is 17.8 Å². The summed E-state index contributed by atoms with van der Waals surface area (Å²) in [5.41, 5.74) is 1.14. The molecule has 0 spiro atoms. The van der Waals surface area contributed by atoms with Crippen molar-refractivity contribution in [3.8, 4) is 0 Å². The van der Waals surface area contributed by atoms with E-state index in [-0.39, 0.29) is 17.6 Å². The summed E-state index contributed by atoms with van der Waals surface area (Å²) in [7, 11) is 0. The Bertz CT molecular complexity index is 1390. The third-order valence-electron chi connectivity index (χ3n) is 5.34. The van der Waals surface area contributed by atoms with E-state index >= 15 is 0 Å². The SMILES string of the molecule is CCn1c(SCC(=O)Nc2ccc3ccccc3c2)nnc1[C@H](C)NC(=O)c1ccc(Cl)c(Cl)c1. The lowest BCUT2D eigenvalue weighted by Crippen LogP contribution is -2.28. The summed E-state index contributed by atoms with van der Waals surface area (Å²) in [4.78, 5) is 25.2.